The zero-order valence-electron chi connectivity index (χ0n) is 19.1. The van der Waals surface area contributed by atoms with Crippen LogP contribution in [0.3, 0.4) is 0 Å². The number of ether oxygens (including phenoxy) is 2. The summed E-state index contributed by atoms with van der Waals surface area (Å²) in [6.45, 7) is 5.95. The Labute approximate surface area is 190 Å². The Morgan fingerprint density at radius 1 is 1.22 bits per heavy atom. The number of likely N-dealkylation sites (tertiary alicyclic amines) is 1. The molecule has 1 aromatic rings. The van der Waals surface area contributed by atoms with Gasteiger partial charge in [0, 0.05) is 65.6 Å². The van der Waals surface area contributed by atoms with Crippen LogP contribution in [0.2, 0.25) is 0 Å². The molecule has 3 fully saturated rings. The van der Waals surface area contributed by atoms with E-state index in [9.17, 15) is 9.59 Å². The first-order valence-electron chi connectivity index (χ1n) is 11.8. The van der Waals surface area contributed by atoms with Gasteiger partial charge in [-0.15, -0.1) is 0 Å². The molecule has 0 bridgehead atoms. The second kappa shape index (κ2) is 11.2. The summed E-state index contributed by atoms with van der Waals surface area (Å²) in [5.41, 5.74) is 1.23. The van der Waals surface area contributed by atoms with E-state index in [1.165, 1.54) is 12.7 Å². The highest BCUT2D eigenvalue weighted by atomic mass is 16.5. The molecule has 4 rings (SSSR count). The molecule has 0 aromatic heterocycles. The van der Waals surface area contributed by atoms with Gasteiger partial charge in [0.05, 0.1) is 6.10 Å². The first-order chi connectivity index (χ1) is 15.7. The number of hydrogen-bond donors (Lipinski definition) is 1. The van der Waals surface area contributed by atoms with Crippen LogP contribution in [-0.4, -0.2) is 104 Å². The van der Waals surface area contributed by atoms with Gasteiger partial charge < -0.3 is 24.6 Å². The van der Waals surface area contributed by atoms with Gasteiger partial charge in [0.25, 0.3) is 0 Å². The first-order valence-corrected chi connectivity index (χ1v) is 11.8. The molecular formula is C24H36N4O4. The van der Waals surface area contributed by atoms with Crippen LogP contribution < -0.4 is 5.32 Å². The standard InChI is InChI=1S/C24H36N4O4/c1-31-18-23(29)28-16-20(14-22(28)24(30)26-11-9-25-10-12-26)27(17-21-8-5-13-32-21)15-19-6-3-2-4-7-19/h2-4,6-7,20-22,25H,5,8-18H2,1H3. The normalized spacial score (nSPS) is 26.1. The van der Waals surface area contributed by atoms with Crippen molar-refractivity contribution in [2.24, 2.45) is 0 Å². The van der Waals surface area contributed by atoms with Crippen molar-refractivity contribution in [3.63, 3.8) is 0 Å². The van der Waals surface area contributed by atoms with Crippen LogP contribution in [0, 0.1) is 0 Å². The molecule has 2 amide bonds. The maximum atomic E-state index is 13.4. The van der Waals surface area contributed by atoms with Gasteiger partial charge in [0.2, 0.25) is 11.8 Å². The predicted molar refractivity (Wildman–Crippen MR) is 121 cm³/mol. The highest BCUT2D eigenvalue weighted by Gasteiger charge is 2.43. The third-order valence-electron chi connectivity index (χ3n) is 6.79. The van der Waals surface area contributed by atoms with E-state index < -0.39 is 6.04 Å². The fourth-order valence-electron chi connectivity index (χ4n) is 5.10. The Kier molecular flexibility index (Phi) is 8.13. The number of nitrogens with one attached hydrogen (secondary N) is 1. The second-order valence-electron chi connectivity index (χ2n) is 9.01. The quantitative estimate of drug-likeness (QED) is 0.637. The van der Waals surface area contributed by atoms with E-state index in [0.29, 0.717) is 26.1 Å². The first kappa shape index (κ1) is 23.2. The molecule has 1 aromatic carbocycles. The summed E-state index contributed by atoms with van der Waals surface area (Å²) in [5.74, 6) is -0.0458. The Morgan fingerprint density at radius 3 is 2.69 bits per heavy atom. The molecule has 0 spiro atoms. The number of amides is 2. The topological polar surface area (TPSA) is 74.4 Å². The van der Waals surface area contributed by atoms with Crippen molar-refractivity contribution < 1.29 is 19.1 Å². The van der Waals surface area contributed by atoms with Crippen LogP contribution >= 0.6 is 0 Å². The minimum atomic E-state index is -0.427. The third-order valence-corrected chi connectivity index (χ3v) is 6.79. The summed E-state index contributed by atoms with van der Waals surface area (Å²) < 4.78 is 11.1. The number of nitrogens with zero attached hydrogens (tertiary/aromatic N) is 3. The van der Waals surface area contributed by atoms with Crippen molar-refractivity contribution in [3.8, 4) is 0 Å². The molecule has 3 unspecified atom stereocenters. The van der Waals surface area contributed by atoms with Crippen molar-refractivity contribution in [1.82, 2.24) is 20.0 Å². The Morgan fingerprint density at radius 2 is 2.00 bits per heavy atom. The summed E-state index contributed by atoms with van der Waals surface area (Å²) in [5, 5.41) is 3.29. The highest BCUT2D eigenvalue weighted by Crippen LogP contribution is 2.27. The molecule has 8 nitrogen and oxygen atoms in total. The molecule has 3 aliphatic rings. The Bertz CT molecular complexity index is 750. The van der Waals surface area contributed by atoms with Gasteiger partial charge in [-0.05, 0) is 24.8 Å². The lowest BCUT2D eigenvalue weighted by atomic mass is 10.1. The zero-order chi connectivity index (χ0) is 22.3. The summed E-state index contributed by atoms with van der Waals surface area (Å²) in [6.07, 6.45) is 3.02. The van der Waals surface area contributed by atoms with Crippen molar-refractivity contribution >= 4 is 11.8 Å². The van der Waals surface area contributed by atoms with Crippen molar-refractivity contribution in [2.75, 3.05) is 59.6 Å². The SMILES string of the molecule is COCC(=O)N1CC(N(Cc2ccccc2)CC2CCCO2)CC1C(=O)N1CCNCC1. The number of piperazine rings is 1. The van der Waals surface area contributed by atoms with Crippen LogP contribution in [0.4, 0.5) is 0 Å². The van der Waals surface area contributed by atoms with Crippen molar-refractivity contribution in [1.29, 1.82) is 0 Å². The number of carbonyl (C=O) groups excluding carboxylic acids is 2. The average molecular weight is 445 g/mol. The Hall–Kier alpha value is -2.00. The van der Waals surface area contributed by atoms with E-state index in [2.05, 4.69) is 34.5 Å². The van der Waals surface area contributed by atoms with E-state index >= 15 is 0 Å². The molecule has 3 heterocycles. The predicted octanol–water partition coefficient (Wildman–Crippen LogP) is 0.715. The van der Waals surface area contributed by atoms with Gasteiger partial charge in [0.15, 0.2) is 0 Å². The second-order valence-corrected chi connectivity index (χ2v) is 9.01. The van der Waals surface area contributed by atoms with Crippen LogP contribution in [0.15, 0.2) is 30.3 Å². The summed E-state index contributed by atoms with van der Waals surface area (Å²) in [4.78, 5) is 32.4. The van der Waals surface area contributed by atoms with Crippen LogP contribution in [0.5, 0.6) is 0 Å². The van der Waals surface area contributed by atoms with Crippen molar-refractivity contribution in [3.05, 3.63) is 35.9 Å². The largest absolute Gasteiger partial charge is 0.377 e. The van der Waals surface area contributed by atoms with Gasteiger partial charge in [0.1, 0.15) is 12.6 Å². The van der Waals surface area contributed by atoms with Gasteiger partial charge in [-0.1, -0.05) is 30.3 Å². The fraction of sp³-hybridized carbons (Fsp3) is 0.667. The van der Waals surface area contributed by atoms with Gasteiger partial charge in [-0.25, -0.2) is 0 Å². The van der Waals surface area contributed by atoms with Crippen LogP contribution in [0.1, 0.15) is 24.8 Å². The molecule has 0 aliphatic carbocycles. The van der Waals surface area contributed by atoms with E-state index in [1.54, 1.807) is 4.90 Å². The molecule has 176 valence electrons. The lowest BCUT2D eigenvalue weighted by Gasteiger charge is -2.32. The van der Waals surface area contributed by atoms with Crippen molar-refractivity contribution in [2.45, 2.75) is 44.0 Å². The number of methoxy groups -OCH3 is 1. The maximum absolute atomic E-state index is 13.4. The summed E-state index contributed by atoms with van der Waals surface area (Å²) in [6, 6.07) is 10.1. The minimum Gasteiger partial charge on any atom is -0.377 e. The summed E-state index contributed by atoms with van der Waals surface area (Å²) in [7, 11) is 1.53. The zero-order valence-corrected chi connectivity index (χ0v) is 19.1. The molecule has 0 saturated carbocycles. The van der Waals surface area contributed by atoms with Crippen LogP contribution in [0.25, 0.3) is 0 Å². The van der Waals surface area contributed by atoms with E-state index in [4.69, 9.17) is 9.47 Å². The van der Waals surface area contributed by atoms with Gasteiger partial charge >= 0.3 is 0 Å². The monoisotopic (exact) mass is 444 g/mol. The number of hydrogen-bond acceptors (Lipinski definition) is 6. The average Bonchev–Trinajstić information content (AvgIpc) is 3.50. The van der Waals surface area contributed by atoms with Crippen LogP contribution in [-0.2, 0) is 25.6 Å². The molecule has 3 aliphatic heterocycles. The molecule has 3 saturated heterocycles. The molecule has 8 heteroatoms. The Balaban J connectivity index is 1.52. The molecule has 1 N–H and O–H groups in total. The van der Waals surface area contributed by atoms with E-state index in [1.807, 2.05) is 11.0 Å². The molecule has 0 radical (unpaired) electrons. The smallest absolute Gasteiger partial charge is 0.249 e. The van der Waals surface area contributed by atoms with E-state index in [-0.39, 0.29) is 30.6 Å². The number of carbonyl (C=O) groups is 2. The summed E-state index contributed by atoms with van der Waals surface area (Å²) >= 11 is 0. The third kappa shape index (κ3) is 5.67. The lowest BCUT2D eigenvalue weighted by molar-refractivity contribution is -0.146. The number of rotatable bonds is 8. The number of benzene rings is 1. The van der Waals surface area contributed by atoms with Gasteiger partial charge in [-0.3, -0.25) is 14.5 Å². The van der Waals surface area contributed by atoms with Gasteiger partial charge in [-0.2, -0.15) is 0 Å². The fourth-order valence-corrected chi connectivity index (χ4v) is 5.10. The molecule has 32 heavy (non-hydrogen) atoms. The molecule has 3 atom stereocenters. The van der Waals surface area contributed by atoms with E-state index in [0.717, 1.165) is 45.6 Å². The minimum absolute atomic E-state index is 0.00246. The maximum Gasteiger partial charge on any atom is 0.249 e. The molecular weight excluding hydrogens is 408 g/mol. The lowest BCUT2D eigenvalue weighted by Crippen LogP contribution is -2.53. The highest BCUT2D eigenvalue weighted by molar-refractivity contribution is 5.89.